The van der Waals surface area contributed by atoms with Crippen LogP contribution in [0.4, 0.5) is 0 Å². The molecule has 2 rings (SSSR count). The van der Waals surface area contributed by atoms with E-state index in [1.807, 2.05) is 24.3 Å². The van der Waals surface area contributed by atoms with Crippen molar-refractivity contribution in [2.45, 2.75) is 0 Å². The fraction of sp³-hybridized carbons (Fsp3) is 0.0714. The summed E-state index contributed by atoms with van der Waals surface area (Å²) in [7, 11) is 1.59. The number of amides is 1. The Hall–Kier alpha value is -2.69. The van der Waals surface area contributed by atoms with Gasteiger partial charge < -0.3 is 4.74 Å². The van der Waals surface area contributed by atoms with Crippen LogP contribution < -0.4 is 10.2 Å². The molecule has 5 heteroatoms. The van der Waals surface area contributed by atoms with Gasteiger partial charge in [-0.2, -0.15) is 5.10 Å². The standard InChI is InChI=1S/C14H13N3O2/c1-19-13-5-3-2-4-12(13)10-16-17-14(18)11-6-8-15-9-7-11/h2-10H,1H3,(H,17,18)/b16-10+. The number of carbonyl (C=O) groups excluding carboxylic acids is 1. The van der Waals surface area contributed by atoms with Crippen LogP contribution in [-0.4, -0.2) is 24.2 Å². The molecular formula is C14H13N3O2. The van der Waals surface area contributed by atoms with Gasteiger partial charge in [0.25, 0.3) is 5.91 Å². The number of rotatable bonds is 4. The van der Waals surface area contributed by atoms with E-state index in [0.29, 0.717) is 11.3 Å². The molecule has 0 aliphatic carbocycles. The second-order valence-corrected chi connectivity index (χ2v) is 3.68. The summed E-state index contributed by atoms with van der Waals surface area (Å²) in [5, 5.41) is 3.90. The number of aromatic nitrogens is 1. The largest absolute Gasteiger partial charge is 0.496 e. The minimum absolute atomic E-state index is 0.284. The molecule has 0 saturated carbocycles. The molecule has 1 aromatic heterocycles. The molecule has 0 atom stereocenters. The molecule has 0 unspecified atom stereocenters. The Labute approximate surface area is 110 Å². The maximum absolute atomic E-state index is 11.7. The molecule has 0 bridgehead atoms. The lowest BCUT2D eigenvalue weighted by molar-refractivity contribution is 0.0955. The van der Waals surface area contributed by atoms with Crippen LogP contribution in [0.25, 0.3) is 0 Å². The minimum atomic E-state index is -0.284. The van der Waals surface area contributed by atoms with E-state index in [1.54, 1.807) is 31.6 Å². The van der Waals surface area contributed by atoms with Gasteiger partial charge in [0.05, 0.1) is 13.3 Å². The fourth-order valence-electron chi connectivity index (χ4n) is 1.50. The van der Waals surface area contributed by atoms with Crippen molar-refractivity contribution in [1.82, 2.24) is 10.4 Å². The Bertz CT molecular complexity index is 582. The molecular weight excluding hydrogens is 242 g/mol. The smallest absolute Gasteiger partial charge is 0.271 e. The average Bonchev–Trinajstić information content (AvgIpc) is 2.48. The normalized spacial score (nSPS) is 10.4. The van der Waals surface area contributed by atoms with Gasteiger partial charge in [0.2, 0.25) is 0 Å². The Balaban J connectivity index is 2.02. The van der Waals surface area contributed by atoms with Gasteiger partial charge in [-0.1, -0.05) is 12.1 Å². The quantitative estimate of drug-likeness (QED) is 0.670. The summed E-state index contributed by atoms with van der Waals surface area (Å²) >= 11 is 0. The van der Waals surface area contributed by atoms with Crippen LogP contribution in [0, 0.1) is 0 Å². The van der Waals surface area contributed by atoms with Gasteiger partial charge in [-0.25, -0.2) is 5.43 Å². The third kappa shape index (κ3) is 3.38. The van der Waals surface area contributed by atoms with Crippen LogP contribution >= 0.6 is 0 Å². The highest BCUT2D eigenvalue weighted by Gasteiger charge is 2.02. The van der Waals surface area contributed by atoms with E-state index in [-0.39, 0.29) is 5.91 Å². The number of nitrogens with one attached hydrogen (secondary N) is 1. The van der Waals surface area contributed by atoms with Crippen molar-refractivity contribution in [2.24, 2.45) is 5.10 Å². The van der Waals surface area contributed by atoms with E-state index in [0.717, 1.165) is 5.56 Å². The molecule has 5 nitrogen and oxygen atoms in total. The zero-order chi connectivity index (χ0) is 13.5. The van der Waals surface area contributed by atoms with Gasteiger partial charge >= 0.3 is 0 Å². The summed E-state index contributed by atoms with van der Waals surface area (Å²) in [6, 6.07) is 10.6. The zero-order valence-corrected chi connectivity index (χ0v) is 10.4. The Morgan fingerprint density at radius 2 is 2.00 bits per heavy atom. The van der Waals surface area contributed by atoms with E-state index < -0.39 is 0 Å². The molecule has 0 fully saturated rings. The number of para-hydroxylation sites is 1. The van der Waals surface area contributed by atoms with Crippen LogP contribution in [0.5, 0.6) is 5.75 Å². The highest BCUT2D eigenvalue weighted by Crippen LogP contribution is 2.14. The molecule has 96 valence electrons. The van der Waals surface area contributed by atoms with Crippen molar-refractivity contribution in [3.8, 4) is 5.75 Å². The third-order valence-corrected chi connectivity index (χ3v) is 2.45. The van der Waals surface area contributed by atoms with E-state index in [1.165, 1.54) is 6.21 Å². The lowest BCUT2D eigenvalue weighted by Gasteiger charge is -2.03. The summed E-state index contributed by atoms with van der Waals surface area (Å²) in [5.41, 5.74) is 3.74. The molecule has 0 saturated heterocycles. The first kappa shape index (κ1) is 12.8. The average molecular weight is 255 g/mol. The summed E-state index contributed by atoms with van der Waals surface area (Å²) in [5.74, 6) is 0.415. The van der Waals surface area contributed by atoms with Gasteiger partial charge in [0.1, 0.15) is 5.75 Å². The number of hydrogen-bond donors (Lipinski definition) is 1. The van der Waals surface area contributed by atoms with Gasteiger partial charge in [-0.15, -0.1) is 0 Å². The molecule has 19 heavy (non-hydrogen) atoms. The second-order valence-electron chi connectivity index (χ2n) is 3.68. The first-order valence-electron chi connectivity index (χ1n) is 5.67. The Kier molecular flexibility index (Phi) is 4.23. The number of hydrazone groups is 1. The van der Waals surface area contributed by atoms with Crippen LogP contribution in [0.3, 0.4) is 0 Å². The van der Waals surface area contributed by atoms with Gasteiger partial charge in [0, 0.05) is 23.5 Å². The summed E-state index contributed by atoms with van der Waals surface area (Å²) in [4.78, 5) is 15.5. The highest BCUT2D eigenvalue weighted by molar-refractivity contribution is 5.94. The predicted octanol–water partition coefficient (Wildman–Crippen LogP) is 1.85. The van der Waals surface area contributed by atoms with Crippen LogP contribution in [0.15, 0.2) is 53.9 Å². The Morgan fingerprint density at radius 1 is 1.26 bits per heavy atom. The minimum Gasteiger partial charge on any atom is -0.496 e. The lowest BCUT2D eigenvalue weighted by Crippen LogP contribution is -2.17. The first-order valence-corrected chi connectivity index (χ1v) is 5.67. The predicted molar refractivity (Wildman–Crippen MR) is 72.3 cm³/mol. The zero-order valence-electron chi connectivity index (χ0n) is 10.4. The number of ether oxygens (including phenoxy) is 1. The SMILES string of the molecule is COc1ccccc1/C=N/NC(=O)c1ccncc1. The highest BCUT2D eigenvalue weighted by atomic mass is 16.5. The van der Waals surface area contributed by atoms with Crippen molar-refractivity contribution < 1.29 is 9.53 Å². The molecule has 1 heterocycles. The molecule has 0 aliphatic rings. The van der Waals surface area contributed by atoms with Crippen molar-refractivity contribution in [2.75, 3.05) is 7.11 Å². The fourth-order valence-corrected chi connectivity index (χ4v) is 1.50. The van der Waals surface area contributed by atoms with Gasteiger partial charge in [-0.3, -0.25) is 9.78 Å². The maximum atomic E-state index is 11.7. The molecule has 0 spiro atoms. The molecule has 1 N–H and O–H groups in total. The number of carbonyl (C=O) groups is 1. The monoisotopic (exact) mass is 255 g/mol. The summed E-state index contributed by atoms with van der Waals surface area (Å²) < 4.78 is 5.18. The van der Waals surface area contributed by atoms with E-state index >= 15 is 0 Å². The van der Waals surface area contributed by atoms with Gasteiger partial charge in [0.15, 0.2) is 0 Å². The number of benzene rings is 1. The van der Waals surface area contributed by atoms with Crippen molar-refractivity contribution in [3.63, 3.8) is 0 Å². The van der Waals surface area contributed by atoms with E-state index in [4.69, 9.17) is 4.74 Å². The summed E-state index contributed by atoms with van der Waals surface area (Å²) in [6.45, 7) is 0. The third-order valence-electron chi connectivity index (χ3n) is 2.45. The lowest BCUT2D eigenvalue weighted by atomic mass is 10.2. The molecule has 2 aromatic rings. The van der Waals surface area contributed by atoms with Crippen molar-refractivity contribution >= 4 is 12.1 Å². The van der Waals surface area contributed by atoms with Crippen molar-refractivity contribution in [3.05, 3.63) is 59.9 Å². The molecule has 0 radical (unpaired) electrons. The van der Waals surface area contributed by atoms with E-state index in [9.17, 15) is 4.79 Å². The van der Waals surface area contributed by atoms with Crippen LogP contribution in [0.1, 0.15) is 15.9 Å². The molecule has 1 aromatic carbocycles. The molecule has 1 amide bonds. The van der Waals surface area contributed by atoms with Crippen LogP contribution in [0.2, 0.25) is 0 Å². The Morgan fingerprint density at radius 3 is 2.74 bits per heavy atom. The van der Waals surface area contributed by atoms with Crippen molar-refractivity contribution in [1.29, 1.82) is 0 Å². The second kappa shape index (κ2) is 6.30. The number of methoxy groups -OCH3 is 1. The number of pyridine rings is 1. The first-order chi connectivity index (χ1) is 9.31. The maximum Gasteiger partial charge on any atom is 0.271 e. The van der Waals surface area contributed by atoms with Crippen LogP contribution in [-0.2, 0) is 0 Å². The summed E-state index contributed by atoms with van der Waals surface area (Å²) in [6.07, 6.45) is 4.65. The number of nitrogens with zero attached hydrogens (tertiary/aromatic N) is 2. The molecule has 0 aliphatic heterocycles. The van der Waals surface area contributed by atoms with Gasteiger partial charge in [-0.05, 0) is 24.3 Å². The number of hydrogen-bond acceptors (Lipinski definition) is 4. The topological polar surface area (TPSA) is 63.6 Å². The van der Waals surface area contributed by atoms with E-state index in [2.05, 4.69) is 15.5 Å².